The molecular weight excluding hydrogens is 727 g/mol. The van der Waals surface area contributed by atoms with Gasteiger partial charge in [-0.05, 0) is 98.6 Å². The van der Waals surface area contributed by atoms with Crippen LogP contribution in [0.4, 0.5) is 17.1 Å². The molecule has 0 aliphatic heterocycles. The van der Waals surface area contributed by atoms with Crippen molar-refractivity contribution in [1.82, 2.24) is 9.97 Å². The third kappa shape index (κ3) is 5.09. The molecule has 0 saturated carbocycles. The molecule has 0 unspecified atom stereocenters. The summed E-state index contributed by atoms with van der Waals surface area (Å²) in [4.78, 5) is 12.7. The van der Waals surface area contributed by atoms with Crippen LogP contribution in [0.2, 0.25) is 0 Å². The maximum Gasteiger partial charge on any atom is 0.160 e. The van der Waals surface area contributed by atoms with E-state index in [1.54, 1.807) is 0 Å². The van der Waals surface area contributed by atoms with Crippen molar-refractivity contribution < 1.29 is 0 Å². The van der Waals surface area contributed by atoms with Gasteiger partial charge in [-0.3, -0.25) is 0 Å². The van der Waals surface area contributed by atoms with Crippen molar-refractivity contribution in [3.63, 3.8) is 0 Å². The van der Waals surface area contributed by atoms with Crippen LogP contribution >= 0.6 is 0 Å². The summed E-state index contributed by atoms with van der Waals surface area (Å²) in [6, 6.07) is 81.0. The second-order valence-electron chi connectivity index (χ2n) is 15.7. The fourth-order valence-electron chi connectivity index (χ4n) is 9.95. The smallest absolute Gasteiger partial charge is 0.160 e. The van der Waals surface area contributed by atoms with Crippen LogP contribution in [0.25, 0.3) is 66.9 Å². The molecule has 2 aliphatic carbocycles. The summed E-state index contributed by atoms with van der Waals surface area (Å²) in [7, 11) is 0. The fraction of sp³-hybridized carbons (Fsp3) is 0.0175. The lowest BCUT2D eigenvalue weighted by molar-refractivity contribution is 0.794. The molecule has 2 aliphatic rings. The average Bonchev–Trinajstić information content (AvgIpc) is 3.80. The number of anilines is 3. The molecular formula is C57H37N3. The van der Waals surface area contributed by atoms with Gasteiger partial charge in [-0.15, -0.1) is 0 Å². The van der Waals surface area contributed by atoms with E-state index in [2.05, 4.69) is 217 Å². The summed E-state index contributed by atoms with van der Waals surface area (Å²) >= 11 is 0. The van der Waals surface area contributed by atoms with Gasteiger partial charge in [0, 0.05) is 33.5 Å². The van der Waals surface area contributed by atoms with Crippen molar-refractivity contribution in [2.45, 2.75) is 5.41 Å². The van der Waals surface area contributed by atoms with Crippen LogP contribution < -0.4 is 4.90 Å². The number of rotatable bonds is 6. The van der Waals surface area contributed by atoms with Crippen molar-refractivity contribution in [2.24, 2.45) is 0 Å². The molecule has 1 heterocycles. The molecule has 9 aromatic carbocycles. The minimum absolute atomic E-state index is 0.439. The van der Waals surface area contributed by atoms with Crippen molar-refractivity contribution in [3.05, 3.63) is 247 Å². The highest BCUT2D eigenvalue weighted by atomic mass is 15.1. The first-order chi connectivity index (χ1) is 29.8. The molecule has 0 N–H and O–H groups in total. The van der Waals surface area contributed by atoms with E-state index in [0.29, 0.717) is 5.82 Å². The Morgan fingerprint density at radius 1 is 0.333 bits per heavy atom. The van der Waals surface area contributed by atoms with Gasteiger partial charge in [0.2, 0.25) is 0 Å². The Bertz CT molecular complexity index is 3200. The van der Waals surface area contributed by atoms with E-state index in [9.17, 15) is 0 Å². The van der Waals surface area contributed by atoms with Crippen molar-refractivity contribution in [3.8, 4) is 56.0 Å². The van der Waals surface area contributed by atoms with E-state index < -0.39 is 5.41 Å². The minimum atomic E-state index is -0.439. The van der Waals surface area contributed by atoms with Crippen LogP contribution in [-0.4, -0.2) is 9.97 Å². The minimum Gasteiger partial charge on any atom is -0.310 e. The first-order valence-electron chi connectivity index (χ1n) is 20.6. The number of nitrogens with zero attached hydrogens (tertiary/aromatic N) is 3. The molecule has 60 heavy (non-hydrogen) atoms. The third-order valence-electron chi connectivity index (χ3n) is 12.5. The zero-order chi connectivity index (χ0) is 39.6. The largest absolute Gasteiger partial charge is 0.310 e. The Morgan fingerprint density at radius 3 is 1.47 bits per heavy atom. The van der Waals surface area contributed by atoms with Crippen LogP contribution in [0.15, 0.2) is 224 Å². The van der Waals surface area contributed by atoms with Crippen LogP contribution in [0, 0.1) is 0 Å². The molecule has 280 valence electrons. The zero-order valence-corrected chi connectivity index (χ0v) is 32.7. The van der Waals surface area contributed by atoms with Gasteiger partial charge in [0.25, 0.3) is 0 Å². The second-order valence-corrected chi connectivity index (χ2v) is 15.7. The second kappa shape index (κ2) is 13.6. The monoisotopic (exact) mass is 763 g/mol. The third-order valence-corrected chi connectivity index (χ3v) is 12.5. The van der Waals surface area contributed by atoms with Crippen LogP contribution in [-0.2, 0) is 5.41 Å². The van der Waals surface area contributed by atoms with Crippen LogP contribution in [0.1, 0.15) is 22.3 Å². The predicted octanol–water partition coefficient (Wildman–Crippen LogP) is 14.4. The molecule has 0 atom stereocenters. The molecule has 0 radical (unpaired) electrons. The molecule has 3 heteroatoms. The average molecular weight is 764 g/mol. The van der Waals surface area contributed by atoms with Crippen LogP contribution in [0.3, 0.4) is 0 Å². The molecule has 0 bridgehead atoms. The van der Waals surface area contributed by atoms with Gasteiger partial charge in [-0.2, -0.15) is 0 Å². The molecule has 10 aromatic rings. The molecule has 1 spiro atoms. The van der Waals surface area contributed by atoms with Crippen molar-refractivity contribution in [1.29, 1.82) is 0 Å². The summed E-state index contributed by atoms with van der Waals surface area (Å²) in [5.74, 6) is 0.702. The van der Waals surface area contributed by atoms with Crippen molar-refractivity contribution >= 4 is 28.0 Å². The summed E-state index contributed by atoms with van der Waals surface area (Å²) in [6.07, 6.45) is 0. The Kier molecular flexibility index (Phi) is 7.76. The van der Waals surface area contributed by atoms with E-state index in [-0.39, 0.29) is 0 Å². The predicted molar refractivity (Wildman–Crippen MR) is 247 cm³/mol. The quantitative estimate of drug-likeness (QED) is 0.169. The molecule has 1 aromatic heterocycles. The van der Waals surface area contributed by atoms with Gasteiger partial charge >= 0.3 is 0 Å². The SMILES string of the molecule is c1ccc(-c2ccc(N(c3ccc(-c4nc(-c5ccccc5)c5ccccc5n4)cc3)c3cccc4c3-c3ccccc3C43c4ccccc4-c4ccccc43)cc2)cc1. The number of hydrogen-bond acceptors (Lipinski definition) is 3. The lowest BCUT2D eigenvalue weighted by Gasteiger charge is -2.32. The van der Waals surface area contributed by atoms with Gasteiger partial charge in [-0.1, -0.05) is 176 Å². The Labute approximate surface area is 349 Å². The number of hydrogen-bond donors (Lipinski definition) is 0. The number of fused-ring (bicyclic) bond motifs is 11. The molecule has 3 nitrogen and oxygen atoms in total. The molecule has 0 saturated heterocycles. The fourth-order valence-corrected chi connectivity index (χ4v) is 9.95. The summed E-state index contributed by atoms with van der Waals surface area (Å²) in [5, 5.41) is 1.04. The van der Waals surface area contributed by atoms with E-state index in [1.807, 2.05) is 12.1 Å². The number of benzene rings is 9. The zero-order valence-electron chi connectivity index (χ0n) is 32.7. The highest BCUT2D eigenvalue weighted by Crippen LogP contribution is 2.64. The molecule has 0 fully saturated rings. The molecule has 12 rings (SSSR count). The van der Waals surface area contributed by atoms with Gasteiger partial charge in [0.05, 0.1) is 22.3 Å². The van der Waals surface area contributed by atoms with E-state index in [0.717, 1.165) is 44.8 Å². The van der Waals surface area contributed by atoms with Gasteiger partial charge in [0.15, 0.2) is 5.82 Å². The van der Waals surface area contributed by atoms with E-state index in [4.69, 9.17) is 9.97 Å². The number of aromatic nitrogens is 2. The molecule has 0 amide bonds. The van der Waals surface area contributed by atoms with Gasteiger partial charge < -0.3 is 4.90 Å². The van der Waals surface area contributed by atoms with Crippen molar-refractivity contribution in [2.75, 3.05) is 4.90 Å². The highest BCUT2D eigenvalue weighted by molar-refractivity contribution is 6.01. The summed E-state index contributed by atoms with van der Waals surface area (Å²) in [6.45, 7) is 0. The first-order valence-corrected chi connectivity index (χ1v) is 20.6. The lowest BCUT2D eigenvalue weighted by atomic mass is 9.70. The summed E-state index contributed by atoms with van der Waals surface area (Å²) < 4.78 is 0. The maximum atomic E-state index is 5.20. The Balaban J connectivity index is 1.06. The van der Waals surface area contributed by atoms with E-state index >= 15 is 0 Å². The Hall–Kier alpha value is -7.88. The topological polar surface area (TPSA) is 29.0 Å². The Morgan fingerprint density at radius 2 is 0.817 bits per heavy atom. The number of para-hydroxylation sites is 1. The first kappa shape index (κ1) is 34.2. The normalized spacial score (nSPS) is 12.8. The standard InChI is InChI=1S/C57H37N3/c1-3-16-38(17-4-1)39-30-34-42(35-31-39)60(43-36-32-41(33-37-43)56-58-52-28-14-10-23-47(52)55(59-56)40-18-5-2-6-19-40)53-29-15-27-51-54(53)46-22-9-13-26-50(46)57(51)48-24-11-7-20-44(48)45-21-8-12-25-49(45)57/h1-37H. The lowest BCUT2D eigenvalue weighted by Crippen LogP contribution is -2.26. The maximum absolute atomic E-state index is 5.20. The van der Waals surface area contributed by atoms with E-state index in [1.165, 1.54) is 55.6 Å². The van der Waals surface area contributed by atoms with Crippen LogP contribution in [0.5, 0.6) is 0 Å². The summed E-state index contributed by atoms with van der Waals surface area (Å²) in [5.41, 5.74) is 19.5. The highest BCUT2D eigenvalue weighted by Gasteiger charge is 2.52. The van der Waals surface area contributed by atoms with Gasteiger partial charge in [-0.25, -0.2) is 9.97 Å². The van der Waals surface area contributed by atoms with Gasteiger partial charge in [0.1, 0.15) is 0 Å².